The Morgan fingerprint density at radius 2 is 2.47 bits per heavy atom. The monoisotopic (exact) mass is 209 g/mol. The summed E-state index contributed by atoms with van der Waals surface area (Å²) in [5.74, 6) is 0. The van der Waals surface area contributed by atoms with Crippen LogP contribution < -0.4 is 5.32 Å². The van der Waals surface area contributed by atoms with E-state index in [4.69, 9.17) is 4.74 Å². The summed E-state index contributed by atoms with van der Waals surface area (Å²) >= 11 is 0. The van der Waals surface area contributed by atoms with Gasteiger partial charge >= 0.3 is 0 Å². The van der Waals surface area contributed by atoms with Gasteiger partial charge in [-0.05, 0) is 25.3 Å². The smallest absolute Gasteiger partial charge is 0.0762 e. The summed E-state index contributed by atoms with van der Waals surface area (Å²) in [6.07, 6.45) is 6.01. The van der Waals surface area contributed by atoms with E-state index >= 15 is 0 Å². The van der Waals surface area contributed by atoms with Crippen molar-refractivity contribution in [2.24, 2.45) is 7.05 Å². The molecular formula is C11H19N3O. The van der Waals surface area contributed by atoms with Crippen molar-refractivity contribution in [3.63, 3.8) is 0 Å². The van der Waals surface area contributed by atoms with Crippen molar-refractivity contribution in [3.05, 3.63) is 18.0 Å². The minimum atomic E-state index is 0.383. The first-order valence-corrected chi connectivity index (χ1v) is 5.54. The Labute approximate surface area is 90.6 Å². The Hall–Kier alpha value is -0.870. The molecule has 84 valence electrons. The van der Waals surface area contributed by atoms with E-state index in [1.54, 1.807) is 7.11 Å². The number of aryl methyl sites for hydroxylation is 1. The second kappa shape index (κ2) is 4.77. The van der Waals surface area contributed by atoms with Crippen molar-refractivity contribution in [2.45, 2.75) is 38.0 Å². The highest BCUT2D eigenvalue weighted by molar-refractivity contribution is 4.99. The van der Waals surface area contributed by atoms with Gasteiger partial charge in [0.15, 0.2) is 0 Å². The largest absolute Gasteiger partial charge is 0.380 e. The van der Waals surface area contributed by atoms with E-state index in [0.29, 0.717) is 12.1 Å². The molecule has 2 rings (SSSR count). The first-order chi connectivity index (χ1) is 7.29. The van der Waals surface area contributed by atoms with Crippen LogP contribution in [-0.4, -0.2) is 29.0 Å². The standard InChI is InChI=1S/C11H19N3O/c1-14-7-6-9(13-14)8-12-10-4-3-5-11(10)15-2/h6-7,10-12H,3-5,8H2,1-2H3. The minimum Gasteiger partial charge on any atom is -0.380 e. The zero-order valence-corrected chi connectivity index (χ0v) is 9.44. The molecule has 0 radical (unpaired) electrons. The van der Waals surface area contributed by atoms with Gasteiger partial charge in [-0.2, -0.15) is 5.10 Å². The molecule has 0 spiro atoms. The van der Waals surface area contributed by atoms with Gasteiger partial charge in [-0.25, -0.2) is 0 Å². The molecule has 0 aromatic carbocycles. The minimum absolute atomic E-state index is 0.383. The predicted molar refractivity (Wildman–Crippen MR) is 58.5 cm³/mol. The van der Waals surface area contributed by atoms with E-state index in [2.05, 4.69) is 10.4 Å². The third-order valence-corrected chi connectivity index (χ3v) is 3.07. The van der Waals surface area contributed by atoms with Gasteiger partial charge in [0.1, 0.15) is 0 Å². The molecule has 2 atom stereocenters. The second-order valence-corrected chi connectivity index (χ2v) is 4.17. The molecule has 4 nitrogen and oxygen atoms in total. The van der Waals surface area contributed by atoms with Crippen LogP contribution in [0.1, 0.15) is 25.0 Å². The van der Waals surface area contributed by atoms with Crippen LogP contribution in [0.25, 0.3) is 0 Å². The summed E-state index contributed by atoms with van der Waals surface area (Å²) in [6.45, 7) is 0.839. The predicted octanol–water partition coefficient (Wildman–Crippen LogP) is 1.08. The van der Waals surface area contributed by atoms with Gasteiger partial charge in [-0.1, -0.05) is 0 Å². The fourth-order valence-corrected chi connectivity index (χ4v) is 2.23. The van der Waals surface area contributed by atoms with E-state index in [1.807, 2.05) is 24.0 Å². The molecule has 1 heterocycles. The highest BCUT2D eigenvalue weighted by atomic mass is 16.5. The van der Waals surface area contributed by atoms with Crippen LogP contribution in [0.4, 0.5) is 0 Å². The summed E-state index contributed by atoms with van der Waals surface area (Å²) in [6, 6.07) is 2.54. The molecule has 0 aliphatic heterocycles. The van der Waals surface area contributed by atoms with Crippen LogP contribution in [0.5, 0.6) is 0 Å². The molecule has 2 unspecified atom stereocenters. The molecule has 0 amide bonds. The second-order valence-electron chi connectivity index (χ2n) is 4.17. The van der Waals surface area contributed by atoms with Gasteiger partial charge < -0.3 is 10.1 Å². The number of hydrogen-bond acceptors (Lipinski definition) is 3. The molecule has 1 aliphatic rings. The molecule has 1 aromatic heterocycles. The first-order valence-electron chi connectivity index (χ1n) is 5.54. The lowest BCUT2D eigenvalue weighted by molar-refractivity contribution is 0.0846. The molecule has 1 N–H and O–H groups in total. The number of aromatic nitrogens is 2. The summed E-state index contributed by atoms with van der Waals surface area (Å²) in [5, 5.41) is 7.85. The molecular weight excluding hydrogens is 190 g/mol. The summed E-state index contributed by atoms with van der Waals surface area (Å²) in [4.78, 5) is 0. The number of hydrogen-bond donors (Lipinski definition) is 1. The third kappa shape index (κ3) is 2.58. The van der Waals surface area contributed by atoms with E-state index < -0.39 is 0 Å². The molecule has 1 saturated carbocycles. The maximum Gasteiger partial charge on any atom is 0.0762 e. The Balaban J connectivity index is 1.82. The highest BCUT2D eigenvalue weighted by Gasteiger charge is 2.26. The van der Waals surface area contributed by atoms with Crippen LogP contribution in [0.2, 0.25) is 0 Å². The van der Waals surface area contributed by atoms with Gasteiger partial charge in [0, 0.05) is 32.9 Å². The zero-order valence-electron chi connectivity index (χ0n) is 9.44. The molecule has 0 bridgehead atoms. The lowest BCUT2D eigenvalue weighted by Gasteiger charge is -2.18. The van der Waals surface area contributed by atoms with Crippen LogP contribution in [0.3, 0.4) is 0 Å². The SMILES string of the molecule is COC1CCCC1NCc1ccn(C)n1. The Bertz CT molecular complexity index is 311. The highest BCUT2D eigenvalue weighted by Crippen LogP contribution is 2.21. The Morgan fingerprint density at radius 1 is 1.60 bits per heavy atom. The fraction of sp³-hybridized carbons (Fsp3) is 0.727. The number of nitrogens with one attached hydrogen (secondary N) is 1. The number of rotatable bonds is 4. The van der Waals surface area contributed by atoms with Crippen LogP contribution in [0, 0.1) is 0 Å². The van der Waals surface area contributed by atoms with E-state index in [9.17, 15) is 0 Å². The lowest BCUT2D eigenvalue weighted by atomic mass is 10.2. The Kier molecular flexibility index (Phi) is 3.38. The normalized spacial score (nSPS) is 26.0. The maximum absolute atomic E-state index is 5.43. The van der Waals surface area contributed by atoms with Crippen LogP contribution in [-0.2, 0) is 18.3 Å². The zero-order chi connectivity index (χ0) is 10.7. The first kappa shape index (κ1) is 10.6. The van der Waals surface area contributed by atoms with E-state index in [-0.39, 0.29) is 0 Å². The number of methoxy groups -OCH3 is 1. The van der Waals surface area contributed by atoms with Gasteiger partial charge in [0.2, 0.25) is 0 Å². The van der Waals surface area contributed by atoms with Crippen molar-refractivity contribution in [1.82, 2.24) is 15.1 Å². The van der Waals surface area contributed by atoms with Crippen molar-refractivity contribution >= 4 is 0 Å². The van der Waals surface area contributed by atoms with Gasteiger partial charge in [0.05, 0.1) is 11.8 Å². The van der Waals surface area contributed by atoms with Crippen molar-refractivity contribution in [3.8, 4) is 0 Å². The van der Waals surface area contributed by atoms with Crippen molar-refractivity contribution in [1.29, 1.82) is 0 Å². The average molecular weight is 209 g/mol. The van der Waals surface area contributed by atoms with Gasteiger partial charge in [0.25, 0.3) is 0 Å². The maximum atomic E-state index is 5.43. The lowest BCUT2D eigenvalue weighted by Crippen LogP contribution is -2.36. The molecule has 1 fully saturated rings. The van der Waals surface area contributed by atoms with Gasteiger partial charge in [-0.15, -0.1) is 0 Å². The fourth-order valence-electron chi connectivity index (χ4n) is 2.23. The van der Waals surface area contributed by atoms with Crippen LogP contribution >= 0.6 is 0 Å². The van der Waals surface area contributed by atoms with E-state index in [1.165, 1.54) is 19.3 Å². The summed E-state index contributed by atoms with van der Waals surface area (Å²) in [5.41, 5.74) is 1.10. The Morgan fingerprint density at radius 3 is 3.13 bits per heavy atom. The quantitative estimate of drug-likeness (QED) is 0.806. The van der Waals surface area contributed by atoms with Crippen molar-refractivity contribution < 1.29 is 4.74 Å². The summed E-state index contributed by atoms with van der Waals surface area (Å²) < 4.78 is 7.26. The molecule has 15 heavy (non-hydrogen) atoms. The molecule has 1 aliphatic carbocycles. The summed E-state index contributed by atoms with van der Waals surface area (Å²) in [7, 11) is 3.74. The van der Waals surface area contributed by atoms with Crippen molar-refractivity contribution in [2.75, 3.05) is 7.11 Å². The van der Waals surface area contributed by atoms with E-state index in [0.717, 1.165) is 12.2 Å². The molecule has 1 aromatic rings. The molecule has 0 saturated heterocycles. The van der Waals surface area contributed by atoms with Crippen LogP contribution in [0.15, 0.2) is 12.3 Å². The number of nitrogens with zero attached hydrogens (tertiary/aromatic N) is 2. The topological polar surface area (TPSA) is 39.1 Å². The average Bonchev–Trinajstić information content (AvgIpc) is 2.83. The third-order valence-electron chi connectivity index (χ3n) is 3.07. The molecule has 4 heteroatoms. The number of ether oxygens (including phenoxy) is 1. The van der Waals surface area contributed by atoms with Gasteiger partial charge in [-0.3, -0.25) is 4.68 Å².